The number of terminal acetylenes is 1. The van der Waals surface area contributed by atoms with E-state index < -0.39 is 5.60 Å². The molecule has 0 heterocycles. The van der Waals surface area contributed by atoms with E-state index in [-0.39, 0.29) is 6.09 Å². The van der Waals surface area contributed by atoms with Crippen LogP contribution in [0.4, 0.5) is 4.79 Å². The highest BCUT2D eigenvalue weighted by Crippen LogP contribution is 2.06. The number of amides is 1. The van der Waals surface area contributed by atoms with Crippen molar-refractivity contribution in [2.24, 2.45) is 0 Å². The lowest BCUT2D eigenvalue weighted by molar-refractivity contribution is 0.00311. The van der Waals surface area contributed by atoms with Crippen molar-refractivity contribution in [2.75, 3.05) is 70.9 Å². The van der Waals surface area contributed by atoms with Crippen LogP contribution in [-0.2, 0) is 23.7 Å². The number of carbonyl (C=O) groups is 1. The molecular formula is C19H35NO6S. The van der Waals surface area contributed by atoms with E-state index in [1.165, 1.54) is 0 Å². The summed E-state index contributed by atoms with van der Waals surface area (Å²) in [4.78, 5) is 11.4. The maximum absolute atomic E-state index is 11.4. The smallest absolute Gasteiger partial charge is 0.407 e. The Labute approximate surface area is 168 Å². The normalized spacial score (nSPS) is 11.2. The molecule has 0 aromatic carbocycles. The van der Waals surface area contributed by atoms with E-state index >= 15 is 0 Å². The summed E-state index contributed by atoms with van der Waals surface area (Å²) in [6.45, 7) is 10.4. The first-order valence-electron chi connectivity index (χ1n) is 9.24. The molecule has 0 aliphatic heterocycles. The minimum Gasteiger partial charge on any atom is -0.444 e. The Morgan fingerprint density at radius 1 is 0.926 bits per heavy atom. The molecule has 0 aliphatic rings. The van der Waals surface area contributed by atoms with Gasteiger partial charge in [0.2, 0.25) is 0 Å². The molecule has 0 unspecified atom stereocenters. The Bertz CT molecular complexity index is 395. The lowest BCUT2D eigenvalue weighted by atomic mass is 10.2. The molecule has 1 amide bonds. The van der Waals surface area contributed by atoms with Crippen molar-refractivity contribution in [1.29, 1.82) is 0 Å². The predicted octanol–water partition coefficient (Wildman–Crippen LogP) is 2.33. The molecule has 0 bridgehead atoms. The molecule has 0 rings (SSSR count). The maximum atomic E-state index is 11.4. The fourth-order valence-corrected chi connectivity index (χ4v) is 2.48. The van der Waals surface area contributed by atoms with Crippen molar-refractivity contribution in [3.05, 3.63) is 0 Å². The summed E-state index contributed by atoms with van der Waals surface area (Å²) in [5.74, 6) is 4.29. The van der Waals surface area contributed by atoms with Gasteiger partial charge in [0.25, 0.3) is 0 Å². The van der Waals surface area contributed by atoms with Crippen LogP contribution < -0.4 is 5.32 Å². The van der Waals surface area contributed by atoms with Crippen molar-refractivity contribution >= 4 is 17.9 Å². The molecule has 0 aliphatic carbocycles. The number of nitrogens with one attached hydrogen (secondary N) is 1. The lowest BCUT2D eigenvalue weighted by Crippen LogP contribution is -2.33. The highest BCUT2D eigenvalue weighted by Gasteiger charge is 2.15. The molecule has 158 valence electrons. The minimum absolute atomic E-state index is 0.318. The minimum atomic E-state index is -0.454. The van der Waals surface area contributed by atoms with Gasteiger partial charge in [-0.1, -0.05) is 5.92 Å². The average molecular weight is 406 g/mol. The summed E-state index contributed by atoms with van der Waals surface area (Å²) < 4.78 is 26.4. The van der Waals surface area contributed by atoms with Gasteiger partial charge in [-0.3, -0.25) is 0 Å². The van der Waals surface area contributed by atoms with Crippen molar-refractivity contribution in [2.45, 2.75) is 32.8 Å². The molecule has 0 atom stereocenters. The zero-order chi connectivity index (χ0) is 20.2. The summed E-state index contributed by atoms with van der Waals surface area (Å²) in [6, 6.07) is 0. The van der Waals surface area contributed by atoms with Gasteiger partial charge in [0.1, 0.15) is 12.2 Å². The Morgan fingerprint density at radius 2 is 1.48 bits per heavy atom. The van der Waals surface area contributed by atoms with E-state index in [4.69, 9.17) is 30.1 Å². The van der Waals surface area contributed by atoms with Crippen LogP contribution >= 0.6 is 11.8 Å². The molecule has 0 radical (unpaired) electrons. The Kier molecular flexibility index (Phi) is 17.7. The van der Waals surface area contributed by atoms with Crippen LogP contribution in [0.5, 0.6) is 0 Å². The number of alkyl carbamates (subject to hydrolysis) is 1. The first-order chi connectivity index (χ1) is 13.0. The Hall–Kier alpha value is -0.980. The van der Waals surface area contributed by atoms with Crippen LogP contribution in [0, 0.1) is 12.3 Å². The highest BCUT2D eigenvalue weighted by atomic mass is 32.2. The second-order valence-corrected chi connectivity index (χ2v) is 7.71. The second-order valence-electron chi connectivity index (χ2n) is 6.49. The van der Waals surface area contributed by atoms with Crippen molar-refractivity contribution in [3.8, 4) is 12.3 Å². The summed E-state index contributed by atoms with van der Waals surface area (Å²) >= 11 is 1.80. The first kappa shape index (κ1) is 26.0. The summed E-state index contributed by atoms with van der Waals surface area (Å²) in [5.41, 5.74) is -0.454. The Morgan fingerprint density at radius 3 is 2.04 bits per heavy atom. The molecular weight excluding hydrogens is 370 g/mol. The zero-order valence-corrected chi connectivity index (χ0v) is 17.7. The van der Waals surface area contributed by atoms with E-state index in [1.807, 2.05) is 20.8 Å². The lowest BCUT2D eigenvalue weighted by Gasteiger charge is -2.19. The van der Waals surface area contributed by atoms with Crippen LogP contribution in [-0.4, -0.2) is 82.6 Å². The fourth-order valence-electron chi connectivity index (χ4n) is 1.69. The van der Waals surface area contributed by atoms with Crippen molar-refractivity contribution < 1.29 is 28.5 Å². The topological polar surface area (TPSA) is 75.3 Å². The molecule has 0 aromatic rings. The molecule has 7 nitrogen and oxygen atoms in total. The SMILES string of the molecule is C#CCOCCOCCOCCOCCSCCCNC(=O)OC(C)(C)C. The third-order valence-electron chi connectivity index (χ3n) is 2.81. The largest absolute Gasteiger partial charge is 0.444 e. The van der Waals surface area contributed by atoms with E-state index in [1.54, 1.807) is 11.8 Å². The van der Waals surface area contributed by atoms with E-state index in [9.17, 15) is 4.79 Å². The zero-order valence-electron chi connectivity index (χ0n) is 16.9. The van der Waals surface area contributed by atoms with Crippen LogP contribution in [0.1, 0.15) is 27.2 Å². The van der Waals surface area contributed by atoms with Gasteiger partial charge in [-0.15, -0.1) is 6.42 Å². The van der Waals surface area contributed by atoms with Gasteiger partial charge >= 0.3 is 6.09 Å². The van der Waals surface area contributed by atoms with Crippen LogP contribution in [0.2, 0.25) is 0 Å². The maximum Gasteiger partial charge on any atom is 0.407 e. The molecule has 0 spiro atoms. The number of thioether (sulfide) groups is 1. The van der Waals surface area contributed by atoms with E-state index in [0.29, 0.717) is 59.4 Å². The number of hydrogen-bond acceptors (Lipinski definition) is 7. The molecule has 0 aromatic heterocycles. The molecule has 8 heteroatoms. The molecule has 0 saturated heterocycles. The molecule has 27 heavy (non-hydrogen) atoms. The van der Waals surface area contributed by atoms with Crippen molar-refractivity contribution in [3.63, 3.8) is 0 Å². The standard InChI is InChI=1S/C19H35NO6S/c1-5-8-22-9-10-23-11-12-24-13-14-25-15-17-27-16-6-7-20-18(21)26-19(2,3)4/h1H,6-17H2,2-4H3,(H,20,21). The van der Waals surface area contributed by atoms with Gasteiger partial charge in [0, 0.05) is 12.3 Å². The van der Waals surface area contributed by atoms with Gasteiger partial charge in [0.15, 0.2) is 0 Å². The third kappa shape index (κ3) is 23.0. The van der Waals surface area contributed by atoms with Crippen molar-refractivity contribution in [1.82, 2.24) is 5.32 Å². The first-order valence-corrected chi connectivity index (χ1v) is 10.4. The number of rotatable bonds is 17. The van der Waals surface area contributed by atoms with Gasteiger partial charge in [-0.25, -0.2) is 4.79 Å². The van der Waals surface area contributed by atoms with E-state index in [2.05, 4.69) is 11.2 Å². The van der Waals surface area contributed by atoms with E-state index in [0.717, 1.165) is 17.9 Å². The second kappa shape index (κ2) is 18.4. The quantitative estimate of drug-likeness (QED) is 0.294. The highest BCUT2D eigenvalue weighted by molar-refractivity contribution is 7.99. The van der Waals surface area contributed by atoms with Gasteiger partial charge in [-0.2, -0.15) is 11.8 Å². The monoisotopic (exact) mass is 405 g/mol. The number of ether oxygens (including phenoxy) is 5. The predicted molar refractivity (Wildman–Crippen MR) is 108 cm³/mol. The van der Waals surface area contributed by atoms with Crippen LogP contribution in [0.3, 0.4) is 0 Å². The molecule has 1 N–H and O–H groups in total. The number of hydrogen-bond donors (Lipinski definition) is 1. The van der Waals surface area contributed by atoms with Gasteiger partial charge in [-0.05, 0) is 32.9 Å². The third-order valence-corrected chi connectivity index (χ3v) is 3.84. The molecule has 0 fully saturated rings. The van der Waals surface area contributed by atoms with Crippen LogP contribution in [0.15, 0.2) is 0 Å². The molecule has 0 saturated carbocycles. The summed E-state index contributed by atoms with van der Waals surface area (Å²) in [7, 11) is 0. The summed E-state index contributed by atoms with van der Waals surface area (Å²) in [6.07, 6.45) is 5.60. The van der Waals surface area contributed by atoms with Gasteiger partial charge < -0.3 is 29.0 Å². The summed E-state index contributed by atoms with van der Waals surface area (Å²) in [5, 5.41) is 2.74. The van der Waals surface area contributed by atoms with Gasteiger partial charge in [0.05, 0.1) is 46.2 Å². The average Bonchev–Trinajstić information content (AvgIpc) is 2.59. The van der Waals surface area contributed by atoms with Crippen LogP contribution in [0.25, 0.3) is 0 Å². The Balaban J connectivity index is 3.13. The fraction of sp³-hybridized carbons (Fsp3) is 0.842. The number of carbonyl (C=O) groups excluding carboxylic acids is 1.